The average Bonchev–Trinajstić information content (AvgIpc) is 2.82. The molecule has 0 radical (unpaired) electrons. The predicted octanol–water partition coefficient (Wildman–Crippen LogP) is 4.14. The van der Waals surface area contributed by atoms with Crippen LogP contribution in [0, 0.1) is 0 Å². The summed E-state index contributed by atoms with van der Waals surface area (Å²) < 4.78 is 0. The van der Waals surface area contributed by atoms with E-state index in [4.69, 9.17) is 0 Å². The van der Waals surface area contributed by atoms with Crippen molar-refractivity contribution in [3.63, 3.8) is 0 Å². The summed E-state index contributed by atoms with van der Waals surface area (Å²) in [6.07, 6.45) is 2.60. The Hall–Kier alpha value is -1.87. The minimum absolute atomic E-state index is 0.799. The maximum absolute atomic E-state index is 4.62. The number of benzene rings is 1. The third-order valence-corrected chi connectivity index (χ3v) is 3.71. The minimum Gasteiger partial charge on any atom is -0.365 e. The van der Waals surface area contributed by atoms with Crippen LogP contribution in [0.1, 0.15) is 4.88 Å². The molecule has 0 saturated carbocycles. The van der Waals surface area contributed by atoms with Crippen molar-refractivity contribution in [3.8, 4) is 11.3 Å². The lowest BCUT2D eigenvalue weighted by atomic mass is 10.1. The fourth-order valence-electron chi connectivity index (χ4n) is 1.68. The molecule has 0 fully saturated rings. The van der Waals surface area contributed by atoms with E-state index in [-0.39, 0.29) is 0 Å². The van der Waals surface area contributed by atoms with Crippen molar-refractivity contribution < 1.29 is 0 Å². The number of hydrogen-bond acceptors (Lipinski definition) is 3. The number of anilines is 1. The number of nitrogens with zero attached hydrogens (tertiary/aromatic N) is 1. The molecule has 1 N–H and O–H groups in total. The lowest BCUT2D eigenvalue weighted by Gasteiger charge is -2.01. The van der Waals surface area contributed by atoms with Crippen LogP contribution in [0.15, 0.2) is 55.1 Å². The fourth-order valence-corrected chi connectivity index (χ4v) is 2.67. The summed E-state index contributed by atoms with van der Waals surface area (Å²) in [5.41, 5.74) is 3.19. The number of aromatic nitrogens is 1. The van der Waals surface area contributed by atoms with Crippen LogP contribution in [0.3, 0.4) is 0 Å². The van der Waals surface area contributed by atoms with Crippen molar-refractivity contribution in [2.24, 2.45) is 0 Å². The van der Waals surface area contributed by atoms with Crippen LogP contribution in [0.2, 0.25) is 0 Å². The van der Waals surface area contributed by atoms with Gasteiger partial charge in [0.1, 0.15) is 0 Å². The second-order valence-corrected chi connectivity index (χ2v) is 5.03. The number of rotatable bonds is 5. The van der Waals surface area contributed by atoms with Crippen molar-refractivity contribution in [3.05, 3.63) is 60.0 Å². The largest absolute Gasteiger partial charge is 0.365 e. The Morgan fingerprint density at radius 2 is 2.11 bits per heavy atom. The van der Waals surface area contributed by atoms with E-state index in [1.54, 1.807) is 17.4 Å². The van der Waals surface area contributed by atoms with Gasteiger partial charge in [-0.25, -0.2) is 4.98 Å². The van der Waals surface area contributed by atoms with E-state index in [0.29, 0.717) is 0 Å². The van der Waals surface area contributed by atoms with Crippen LogP contribution in [0.4, 0.5) is 5.13 Å². The summed E-state index contributed by atoms with van der Waals surface area (Å²) in [4.78, 5) is 5.84. The van der Waals surface area contributed by atoms with Gasteiger partial charge < -0.3 is 5.32 Å². The van der Waals surface area contributed by atoms with E-state index in [0.717, 1.165) is 28.4 Å². The second-order valence-electron chi connectivity index (χ2n) is 3.95. The molecule has 3 heteroatoms. The monoisotopic (exact) mass is 256 g/mol. The molecule has 1 heterocycles. The highest BCUT2D eigenvalue weighted by molar-refractivity contribution is 7.16. The Bertz CT molecular complexity index is 555. The highest BCUT2D eigenvalue weighted by atomic mass is 32.1. The summed E-state index contributed by atoms with van der Waals surface area (Å²) in [7, 11) is 1.89. The van der Waals surface area contributed by atoms with Gasteiger partial charge in [-0.2, -0.15) is 0 Å². The van der Waals surface area contributed by atoms with Gasteiger partial charge in [0.15, 0.2) is 5.13 Å². The smallest absolute Gasteiger partial charge is 0.183 e. The standard InChI is InChI=1S/C15H16N2S/c1-4-11(2)10-13-14(17-15(16-3)18-13)12-8-6-5-7-9-12/h4-9H,1-2,10H2,3H3,(H,16,17). The third-order valence-electron chi connectivity index (χ3n) is 2.63. The molecule has 0 aliphatic rings. The first-order valence-corrected chi connectivity index (χ1v) is 6.59. The van der Waals surface area contributed by atoms with Gasteiger partial charge in [0.25, 0.3) is 0 Å². The SMILES string of the molecule is C=CC(=C)Cc1sc(NC)nc1-c1ccccc1. The molecule has 0 atom stereocenters. The maximum Gasteiger partial charge on any atom is 0.183 e. The summed E-state index contributed by atoms with van der Waals surface area (Å²) >= 11 is 1.67. The van der Waals surface area contributed by atoms with E-state index in [9.17, 15) is 0 Å². The van der Waals surface area contributed by atoms with Crippen molar-refractivity contribution in [2.75, 3.05) is 12.4 Å². The average molecular weight is 256 g/mol. The zero-order chi connectivity index (χ0) is 13.0. The van der Waals surface area contributed by atoms with Gasteiger partial charge in [-0.15, -0.1) is 11.3 Å². The summed E-state index contributed by atoms with van der Waals surface area (Å²) in [6.45, 7) is 7.73. The van der Waals surface area contributed by atoms with Gasteiger partial charge >= 0.3 is 0 Å². The highest BCUT2D eigenvalue weighted by Crippen LogP contribution is 2.32. The fraction of sp³-hybridized carbons (Fsp3) is 0.133. The van der Waals surface area contributed by atoms with E-state index in [2.05, 4.69) is 35.6 Å². The topological polar surface area (TPSA) is 24.9 Å². The molecule has 1 aromatic carbocycles. The van der Waals surface area contributed by atoms with Crippen molar-refractivity contribution in [2.45, 2.75) is 6.42 Å². The molecule has 0 saturated heterocycles. The van der Waals surface area contributed by atoms with Gasteiger partial charge in [-0.1, -0.05) is 55.1 Å². The van der Waals surface area contributed by atoms with Crippen LogP contribution in [0.5, 0.6) is 0 Å². The molecule has 2 nitrogen and oxygen atoms in total. The quantitative estimate of drug-likeness (QED) is 0.813. The zero-order valence-corrected chi connectivity index (χ0v) is 11.3. The van der Waals surface area contributed by atoms with E-state index in [1.807, 2.05) is 25.2 Å². The van der Waals surface area contributed by atoms with Crippen LogP contribution >= 0.6 is 11.3 Å². The van der Waals surface area contributed by atoms with Crippen LogP contribution < -0.4 is 5.32 Å². The van der Waals surface area contributed by atoms with Crippen LogP contribution in [-0.4, -0.2) is 12.0 Å². The van der Waals surface area contributed by atoms with E-state index >= 15 is 0 Å². The molecule has 18 heavy (non-hydrogen) atoms. The van der Waals surface area contributed by atoms with E-state index in [1.165, 1.54) is 4.88 Å². The highest BCUT2D eigenvalue weighted by Gasteiger charge is 2.12. The molecule has 0 amide bonds. The summed E-state index contributed by atoms with van der Waals surface area (Å²) in [6, 6.07) is 10.2. The van der Waals surface area contributed by atoms with Gasteiger partial charge in [0.2, 0.25) is 0 Å². The van der Waals surface area contributed by atoms with Crippen molar-refractivity contribution in [1.29, 1.82) is 0 Å². The van der Waals surface area contributed by atoms with Crippen LogP contribution in [-0.2, 0) is 6.42 Å². The zero-order valence-electron chi connectivity index (χ0n) is 10.4. The first-order valence-electron chi connectivity index (χ1n) is 5.77. The Kier molecular flexibility index (Phi) is 3.95. The molecule has 1 aromatic heterocycles. The number of thiazole rings is 1. The van der Waals surface area contributed by atoms with Gasteiger partial charge in [0.05, 0.1) is 5.69 Å². The molecule has 2 aromatic rings. The lowest BCUT2D eigenvalue weighted by molar-refractivity contribution is 1.23. The molecular formula is C15H16N2S. The summed E-state index contributed by atoms with van der Waals surface area (Å²) in [5.74, 6) is 0. The molecule has 0 bridgehead atoms. The number of hydrogen-bond donors (Lipinski definition) is 1. The number of allylic oxidation sites excluding steroid dienone is 2. The van der Waals surface area contributed by atoms with Crippen molar-refractivity contribution in [1.82, 2.24) is 4.98 Å². The minimum atomic E-state index is 0.799. The van der Waals surface area contributed by atoms with Crippen LogP contribution in [0.25, 0.3) is 11.3 Å². The lowest BCUT2D eigenvalue weighted by Crippen LogP contribution is -1.88. The molecule has 0 aliphatic heterocycles. The van der Waals surface area contributed by atoms with Crippen molar-refractivity contribution >= 4 is 16.5 Å². The molecule has 2 rings (SSSR count). The number of nitrogens with one attached hydrogen (secondary N) is 1. The summed E-state index contributed by atoms with van der Waals surface area (Å²) in [5, 5.41) is 4.03. The Morgan fingerprint density at radius 3 is 2.72 bits per heavy atom. The Balaban J connectivity index is 2.42. The Morgan fingerprint density at radius 1 is 1.39 bits per heavy atom. The predicted molar refractivity (Wildman–Crippen MR) is 80.1 cm³/mol. The van der Waals surface area contributed by atoms with E-state index < -0.39 is 0 Å². The molecule has 92 valence electrons. The van der Waals surface area contributed by atoms with Gasteiger partial charge in [0, 0.05) is 23.9 Å². The molecular weight excluding hydrogens is 240 g/mol. The Labute approximate surface area is 112 Å². The molecule has 0 unspecified atom stereocenters. The molecule has 0 aliphatic carbocycles. The first-order chi connectivity index (χ1) is 8.74. The first kappa shape index (κ1) is 12.6. The third kappa shape index (κ3) is 2.68. The second kappa shape index (κ2) is 5.65. The van der Waals surface area contributed by atoms with Gasteiger partial charge in [-0.05, 0) is 0 Å². The maximum atomic E-state index is 4.62. The normalized spacial score (nSPS) is 10.1. The molecule has 0 spiro atoms. The van der Waals surface area contributed by atoms with Gasteiger partial charge in [-0.3, -0.25) is 0 Å².